The van der Waals surface area contributed by atoms with E-state index in [9.17, 15) is 4.79 Å². The molecule has 3 N–H and O–H groups in total. The van der Waals surface area contributed by atoms with Gasteiger partial charge in [-0.3, -0.25) is 4.79 Å². The minimum Gasteiger partial charge on any atom is -0.325 e. The van der Waals surface area contributed by atoms with Crippen molar-refractivity contribution in [1.29, 1.82) is 0 Å². The van der Waals surface area contributed by atoms with Gasteiger partial charge in [0.15, 0.2) is 0 Å². The molecule has 0 heterocycles. The van der Waals surface area contributed by atoms with E-state index in [0.29, 0.717) is 6.42 Å². The first-order valence-electron chi connectivity index (χ1n) is 6.88. The number of anilines is 1. The SMILES string of the molecule is CCc1cccc(NC(=O)C(N)Cc2ccccc2)c1. The summed E-state index contributed by atoms with van der Waals surface area (Å²) in [6.07, 6.45) is 1.49. The summed E-state index contributed by atoms with van der Waals surface area (Å²) >= 11 is 0. The van der Waals surface area contributed by atoms with Crippen molar-refractivity contribution < 1.29 is 4.79 Å². The van der Waals surface area contributed by atoms with Crippen molar-refractivity contribution in [3.63, 3.8) is 0 Å². The van der Waals surface area contributed by atoms with Gasteiger partial charge in [-0.25, -0.2) is 0 Å². The fraction of sp³-hybridized carbons (Fsp3) is 0.235. The molecule has 1 amide bonds. The molecule has 0 radical (unpaired) electrons. The van der Waals surface area contributed by atoms with Crippen LogP contribution in [0.1, 0.15) is 18.1 Å². The van der Waals surface area contributed by atoms with Gasteiger partial charge >= 0.3 is 0 Å². The average Bonchev–Trinajstić information content (AvgIpc) is 2.48. The minimum absolute atomic E-state index is 0.151. The molecule has 2 aromatic rings. The molecule has 0 spiro atoms. The second-order valence-corrected chi connectivity index (χ2v) is 4.84. The second-order valence-electron chi connectivity index (χ2n) is 4.84. The summed E-state index contributed by atoms with van der Waals surface area (Å²) in [4.78, 5) is 12.1. The van der Waals surface area contributed by atoms with Gasteiger partial charge in [-0.2, -0.15) is 0 Å². The maximum Gasteiger partial charge on any atom is 0.241 e. The Bertz CT molecular complexity index is 566. The average molecular weight is 268 g/mol. The minimum atomic E-state index is -0.539. The van der Waals surface area contributed by atoms with E-state index in [1.54, 1.807) is 0 Å². The summed E-state index contributed by atoms with van der Waals surface area (Å²) < 4.78 is 0. The van der Waals surface area contributed by atoms with E-state index in [4.69, 9.17) is 5.73 Å². The Hall–Kier alpha value is -2.13. The Balaban J connectivity index is 1.97. The fourth-order valence-electron chi connectivity index (χ4n) is 2.06. The highest BCUT2D eigenvalue weighted by Gasteiger charge is 2.14. The summed E-state index contributed by atoms with van der Waals surface area (Å²) in [5.74, 6) is -0.151. The number of amides is 1. The molecule has 0 fully saturated rings. The molecule has 0 saturated heterocycles. The number of hydrogen-bond donors (Lipinski definition) is 2. The van der Waals surface area contributed by atoms with Gasteiger partial charge < -0.3 is 11.1 Å². The van der Waals surface area contributed by atoms with Gasteiger partial charge in [0.1, 0.15) is 0 Å². The molecule has 20 heavy (non-hydrogen) atoms. The lowest BCUT2D eigenvalue weighted by Crippen LogP contribution is -2.37. The molecule has 1 atom stereocenters. The molecule has 1 unspecified atom stereocenters. The Kier molecular flexibility index (Phi) is 4.91. The van der Waals surface area contributed by atoms with E-state index in [2.05, 4.69) is 12.2 Å². The number of carbonyl (C=O) groups is 1. The molecule has 3 nitrogen and oxygen atoms in total. The highest BCUT2D eigenvalue weighted by Crippen LogP contribution is 2.12. The Morgan fingerprint density at radius 2 is 1.80 bits per heavy atom. The lowest BCUT2D eigenvalue weighted by Gasteiger charge is -2.13. The Labute approximate surface area is 119 Å². The summed E-state index contributed by atoms with van der Waals surface area (Å²) in [5.41, 5.74) is 9.02. The molecule has 0 aromatic heterocycles. The van der Waals surface area contributed by atoms with Gasteiger partial charge in [-0.05, 0) is 36.1 Å². The van der Waals surface area contributed by atoms with Crippen molar-refractivity contribution >= 4 is 11.6 Å². The van der Waals surface area contributed by atoms with Crippen LogP contribution >= 0.6 is 0 Å². The lowest BCUT2D eigenvalue weighted by molar-refractivity contribution is -0.117. The molecule has 0 saturated carbocycles. The Morgan fingerprint density at radius 3 is 2.50 bits per heavy atom. The van der Waals surface area contributed by atoms with E-state index < -0.39 is 6.04 Å². The van der Waals surface area contributed by atoms with Gasteiger partial charge in [0.05, 0.1) is 6.04 Å². The van der Waals surface area contributed by atoms with Crippen LogP contribution in [0.3, 0.4) is 0 Å². The van der Waals surface area contributed by atoms with Gasteiger partial charge in [0.2, 0.25) is 5.91 Å². The van der Waals surface area contributed by atoms with Gasteiger partial charge in [-0.15, -0.1) is 0 Å². The number of rotatable bonds is 5. The summed E-state index contributed by atoms with van der Waals surface area (Å²) in [7, 11) is 0. The molecular formula is C17H20N2O. The molecular weight excluding hydrogens is 248 g/mol. The van der Waals surface area contributed by atoms with E-state index in [-0.39, 0.29) is 5.91 Å². The number of nitrogens with one attached hydrogen (secondary N) is 1. The topological polar surface area (TPSA) is 55.1 Å². The van der Waals surface area contributed by atoms with Crippen LogP contribution in [0, 0.1) is 0 Å². The molecule has 0 bridgehead atoms. The molecule has 3 heteroatoms. The van der Waals surface area contributed by atoms with Crippen molar-refractivity contribution in [2.24, 2.45) is 5.73 Å². The van der Waals surface area contributed by atoms with Crippen LogP contribution in [-0.2, 0) is 17.6 Å². The number of aryl methyl sites for hydroxylation is 1. The van der Waals surface area contributed by atoms with Crippen molar-refractivity contribution in [2.45, 2.75) is 25.8 Å². The predicted octanol–water partition coefficient (Wildman–Crippen LogP) is 2.76. The van der Waals surface area contributed by atoms with Crippen LogP contribution < -0.4 is 11.1 Å². The molecule has 104 valence electrons. The molecule has 0 aliphatic carbocycles. The number of benzene rings is 2. The summed E-state index contributed by atoms with van der Waals surface area (Å²) in [6, 6.07) is 17.1. The first-order chi connectivity index (χ1) is 9.69. The molecule has 2 aromatic carbocycles. The van der Waals surface area contributed by atoms with Crippen LogP contribution in [0.25, 0.3) is 0 Å². The van der Waals surface area contributed by atoms with Crippen LogP contribution in [0.4, 0.5) is 5.69 Å². The maximum atomic E-state index is 12.1. The maximum absolute atomic E-state index is 12.1. The molecule has 0 aliphatic heterocycles. The largest absolute Gasteiger partial charge is 0.325 e. The second kappa shape index (κ2) is 6.87. The van der Waals surface area contributed by atoms with Crippen LogP contribution in [0.5, 0.6) is 0 Å². The Morgan fingerprint density at radius 1 is 1.10 bits per heavy atom. The predicted molar refractivity (Wildman–Crippen MR) is 82.6 cm³/mol. The van der Waals surface area contributed by atoms with Crippen LogP contribution in [0.15, 0.2) is 54.6 Å². The standard InChI is InChI=1S/C17H20N2O/c1-2-13-9-6-10-15(11-13)19-17(20)16(18)12-14-7-4-3-5-8-14/h3-11,16H,2,12,18H2,1H3,(H,19,20). The van der Waals surface area contributed by atoms with E-state index >= 15 is 0 Å². The van der Waals surface area contributed by atoms with Crippen molar-refractivity contribution in [3.8, 4) is 0 Å². The highest BCUT2D eigenvalue weighted by molar-refractivity contribution is 5.94. The first kappa shape index (κ1) is 14.3. The normalized spacial score (nSPS) is 11.9. The smallest absolute Gasteiger partial charge is 0.241 e. The zero-order chi connectivity index (χ0) is 14.4. The highest BCUT2D eigenvalue weighted by atomic mass is 16.2. The first-order valence-corrected chi connectivity index (χ1v) is 6.88. The molecule has 2 rings (SSSR count). The number of carbonyl (C=O) groups excluding carboxylic acids is 1. The van der Waals surface area contributed by atoms with Crippen molar-refractivity contribution in [1.82, 2.24) is 0 Å². The van der Waals surface area contributed by atoms with E-state index in [0.717, 1.165) is 17.7 Å². The van der Waals surface area contributed by atoms with E-state index in [1.807, 2.05) is 54.6 Å². The third-order valence-corrected chi connectivity index (χ3v) is 3.24. The monoisotopic (exact) mass is 268 g/mol. The van der Waals surface area contributed by atoms with Gasteiger partial charge in [0.25, 0.3) is 0 Å². The zero-order valence-electron chi connectivity index (χ0n) is 11.7. The van der Waals surface area contributed by atoms with Crippen LogP contribution in [-0.4, -0.2) is 11.9 Å². The zero-order valence-corrected chi connectivity index (χ0v) is 11.7. The lowest BCUT2D eigenvalue weighted by atomic mass is 10.1. The third kappa shape index (κ3) is 3.93. The van der Waals surface area contributed by atoms with E-state index in [1.165, 1.54) is 5.56 Å². The summed E-state index contributed by atoms with van der Waals surface area (Å²) in [5, 5.41) is 2.87. The quantitative estimate of drug-likeness (QED) is 0.876. The number of nitrogens with two attached hydrogens (primary N) is 1. The molecule has 0 aliphatic rings. The van der Waals surface area contributed by atoms with Crippen molar-refractivity contribution in [3.05, 3.63) is 65.7 Å². The summed E-state index contributed by atoms with van der Waals surface area (Å²) in [6.45, 7) is 2.09. The van der Waals surface area contributed by atoms with Gasteiger partial charge in [0, 0.05) is 5.69 Å². The third-order valence-electron chi connectivity index (χ3n) is 3.24. The van der Waals surface area contributed by atoms with Crippen LogP contribution in [0.2, 0.25) is 0 Å². The number of hydrogen-bond acceptors (Lipinski definition) is 2. The van der Waals surface area contributed by atoms with Gasteiger partial charge in [-0.1, -0.05) is 49.4 Å². The van der Waals surface area contributed by atoms with Crippen molar-refractivity contribution in [2.75, 3.05) is 5.32 Å². The fourth-order valence-corrected chi connectivity index (χ4v) is 2.06.